The van der Waals surface area contributed by atoms with Crippen LogP contribution in [-0.2, 0) is 14.3 Å². The minimum absolute atomic E-state index is 0.00667. The van der Waals surface area contributed by atoms with Gasteiger partial charge in [0.25, 0.3) is 0 Å². The van der Waals surface area contributed by atoms with Crippen LogP contribution in [0.25, 0.3) is 0 Å². The zero-order valence-corrected chi connectivity index (χ0v) is 52.4. The molecule has 6 nitrogen and oxygen atoms in total. The van der Waals surface area contributed by atoms with Crippen molar-refractivity contribution in [1.29, 1.82) is 0 Å². The maximum Gasteiger partial charge on any atom is 0.305 e. The van der Waals surface area contributed by atoms with E-state index >= 15 is 0 Å². The smallest absolute Gasteiger partial charge is 0.305 e. The second-order valence-corrected chi connectivity index (χ2v) is 23.9. The van der Waals surface area contributed by atoms with Crippen molar-refractivity contribution in [2.45, 2.75) is 386 Å². The summed E-state index contributed by atoms with van der Waals surface area (Å²) >= 11 is 0. The van der Waals surface area contributed by atoms with Crippen molar-refractivity contribution in [3.05, 3.63) is 48.6 Å². The molecule has 0 spiro atoms. The summed E-state index contributed by atoms with van der Waals surface area (Å²) in [7, 11) is 0. The molecule has 6 heteroatoms. The van der Waals surface area contributed by atoms with Crippen LogP contribution < -0.4 is 5.32 Å². The Morgan fingerprint density at radius 3 is 1.00 bits per heavy atom. The summed E-state index contributed by atoms with van der Waals surface area (Å²) < 4.78 is 5.48. The first-order valence-corrected chi connectivity index (χ1v) is 34.9. The van der Waals surface area contributed by atoms with Crippen LogP contribution in [0.1, 0.15) is 373 Å². The van der Waals surface area contributed by atoms with Crippen LogP contribution in [0.3, 0.4) is 0 Å². The largest absolute Gasteiger partial charge is 0.466 e. The fourth-order valence-corrected chi connectivity index (χ4v) is 10.8. The first-order chi connectivity index (χ1) is 38.5. The van der Waals surface area contributed by atoms with Crippen LogP contribution in [0.4, 0.5) is 0 Å². The van der Waals surface area contributed by atoms with E-state index in [0.717, 1.165) is 64.2 Å². The van der Waals surface area contributed by atoms with Crippen molar-refractivity contribution in [2.24, 2.45) is 0 Å². The number of hydrogen-bond donors (Lipinski definition) is 3. The number of amides is 1. The standard InChI is InChI=1S/C72H135NO5/c1-3-5-7-9-11-13-15-17-19-20-21-22-24-27-30-33-37-40-44-48-52-56-60-64-70(75)69(68-74)73-71(76)65-61-57-53-49-45-41-38-34-31-28-25-23-26-29-32-35-39-43-47-51-55-59-63-67-78-72(77)66-62-58-54-50-46-42-36-18-16-14-12-10-8-6-4-2/h12,14,18,23,26,28,31,36,69-70,74-75H,3-11,13,15-17,19-22,24-25,27,29-30,32-35,37-68H2,1-2H3,(H,73,76)/b14-12-,26-23-,31-28-,36-18-. The Labute approximate surface area is 486 Å². The van der Waals surface area contributed by atoms with Crippen LogP contribution in [-0.4, -0.2) is 47.4 Å². The van der Waals surface area contributed by atoms with Gasteiger partial charge in [-0.25, -0.2) is 0 Å². The lowest BCUT2D eigenvalue weighted by Gasteiger charge is -2.22. The Morgan fingerprint density at radius 1 is 0.359 bits per heavy atom. The summed E-state index contributed by atoms with van der Waals surface area (Å²) in [6.07, 6.45) is 87.2. The third-order valence-electron chi connectivity index (χ3n) is 16.1. The van der Waals surface area contributed by atoms with Gasteiger partial charge in [0.1, 0.15) is 0 Å². The van der Waals surface area contributed by atoms with Gasteiger partial charge in [0.05, 0.1) is 25.4 Å². The Kier molecular flexibility index (Phi) is 65.4. The molecule has 0 aromatic heterocycles. The Bertz CT molecular complexity index is 1310. The molecule has 458 valence electrons. The second-order valence-electron chi connectivity index (χ2n) is 23.9. The summed E-state index contributed by atoms with van der Waals surface area (Å²) in [4.78, 5) is 24.6. The minimum atomic E-state index is -0.673. The molecule has 0 bridgehead atoms. The van der Waals surface area contributed by atoms with E-state index < -0.39 is 12.1 Å². The number of ether oxygens (including phenoxy) is 1. The van der Waals surface area contributed by atoms with E-state index in [2.05, 4.69) is 67.8 Å². The maximum atomic E-state index is 12.5. The molecule has 0 heterocycles. The lowest BCUT2D eigenvalue weighted by atomic mass is 10.0. The topological polar surface area (TPSA) is 95.9 Å². The Morgan fingerprint density at radius 2 is 0.641 bits per heavy atom. The molecule has 0 saturated heterocycles. The number of aliphatic hydroxyl groups is 2. The number of hydrogen-bond acceptors (Lipinski definition) is 5. The number of allylic oxidation sites excluding steroid dienone is 8. The molecule has 0 aromatic carbocycles. The SMILES string of the molecule is CCCCC/C=C\C/C=C\CCCCCCCC(=O)OCCCCCCCCCCC/C=C\C/C=C\CCCCCCCCCC(=O)NC(CO)C(O)CCCCCCCCCCCCCCCCCCCCCCCCC. The van der Waals surface area contributed by atoms with E-state index in [1.165, 1.54) is 276 Å². The zero-order valence-electron chi connectivity index (χ0n) is 52.4. The van der Waals surface area contributed by atoms with Crippen molar-refractivity contribution >= 4 is 11.9 Å². The molecule has 1 amide bonds. The van der Waals surface area contributed by atoms with Gasteiger partial charge in [-0.1, -0.05) is 319 Å². The highest BCUT2D eigenvalue weighted by atomic mass is 16.5. The molecule has 0 aliphatic carbocycles. The van der Waals surface area contributed by atoms with Crippen molar-refractivity contribution in [3.63, 3.8) is 0 Å². The highest BCUT2D eigenvalue weighted by Crippen LogP contribution is 2.18. The highest BCUT2D eigenvalue weighted by molar-refractivity contribution is 5.76. The molecule has 0 saturated carbocycles. The molecule has 0 fully saturated rings. The van der Waals surface area contributed by atoms with E-state index in [1.54, 1.807) is 0 Å². The summed E-state index contributed by atoms with van der Waals surface area (Å²) in [6.45, 7) is 4.94. The predicted molar refractivity (Wildman–Crippen MR) is 342 cm³/mol. The van der Waals surface area contributed by atoms with Crippen molar-refractivity contribution in [2.75, 3.05) is 13.2 Å². The van der Waals surface area contributed by atoms with E-state index in [9.17, 15) is 19.8 Å². The normalized spacial score (nSPS) is 12.8. The number of carbonyl (C=O) groups is 2. The average Bonchev–Trinajstić information content (AvgIpc) is 3.44. The fourth-order valence-electron chi connectivity index (χ4n) is 10.8. The van der Waals surface area contributed by atoms with Gasteiger partial charge >= 0.3 is 5.97 Å². The molecule has 3 N–H and O–H groups in total. The Hall–Kier alpha value is -2.18. The first-order valence-electron chi connectivity index (χ1n) is 34.9. The molecule has 2 unspecified atom stereocenters. The minimum Gasteiger partial charge on any atom is -0.466 e. The van der Waals surface area contributed by atoms with Gasteiger partial charge in [-0.3, -0.25) is 9.59 Å². The lowest BCUT2D eigenvalue weighted by molar-refractivity contribution is -0.143. The summed E-state index contributed by atoms with van der Waals surface area (Å²) in [5, 5.41) is 23.4. The quantitative estimate of drug-likeness (QED) is 0.0320. The van der Waals surface area contributed by atoms with Crippen LogP contribution in [0.2, 0.25) is 0 Å². The summed E-state index contributed by atoms with van der Waals surface area (Å²) in [6, 6.07) is -0.552. The van der Waals surface area contributed by atoms with E-state index in [-0.39, 0.29) is 18.5 Å². The van der Waals surface area contributed by atoms with Crippen molar-refractivity contribution < 1.29 is 24.5 Å². The van der Waals surface area contributed by atoms with Crippen LogP contribution >= 0.6 is 0 Å². The zero-order chi connectivity index (χ0) is 56.4. The van der Waals surface area contributed by atoms with Crippen molar-refractivity contribution in [1.82, 2.24) is 5.32 Å². The van der Waals surface area contributed by atoms with Gasteiger partial charge in [0.15, 0.2) is 0 Å². The summed E-state index contributed by atoms with van der Waals surface area (Å²) in [5.41, 5.74) is 0. The number of carbonyl (C=O) groups excluding carboxylic acids is 2. The number of aliphatic hydroxyl groups excluding tert-OH is 2. The van der Waals surface area contributed by atoms with Gasteiger partial charge in [-0.15, -0.1) is 0 Å². The lowest BCUT2D eigenvalue weighted by Crippen LogP contribution is -2.45. The second kappa shape index (κ2) is 67.3. The van der Waals surface area contributed by atoms with Gasteiger partial charge < -0.3 is 20.3 Å². The molecule has 0 aliphatic heterocycles. The summed E-state index contributed by atoms with van der Waals surface area (Å²) in [5.74, 6) is -0.0489. The van der Waals surface area contributed by atoms with Gasteiger partial charge in [0.2, 0.25) is 5.91 Å². The molecule has 0 aliphatic rings. The number of unbranched alkanes of at least 4 members (excludes halogenated alkanes) is 46. The van der Waals surface area contributed by atoms with Gasteiger partial charge in [-0.2, -0.15) is 0 Å². The van der Waals surface area contributed by atoms with Gasteiger partial charge in [0, 0.05) is 12.8 Å². The van der Waals surface area contributed by atoms with Crippen LogP contribution in [0.5, 0.6) is 0 Å². The molecular formula is C72H135NO5. The third kappa shape index (κ3) is 63.0. The molecule has 2 atom stereocenters. The average molecular weight is 1090 g/mol. The predicted octanol–water partition coefficient (Wildman–Crippen LogP) is 22.5. The monoisotopic (exact) mass is 1090 g/mol. The van der Waals surface area contributed by atoms with Crippen molar-refractivity contribution in [3.8, 4) is 0 Å². The van der Waals surface area contributed by atoms with Crippen LogP contribution in [0.15, 0.2) is 48.6 Å². The molecular weight excluding hydrogens is 959 g/mol. The Balaban J connectivity index is 3.45. The maximum absolute atomic E-state index is 12.5. The van der Waals surface area contributed by atoms with Gasteiger partial charge in [-0.05, 0) is 89.9 Å². The number of esters is 1. The molecule has 0 rings (SSSR count). The van der Waals surface area contributed by atoms with E-state index in [4.69, 9.17) is 4.74 Å². The number of rotatable bonds is 65. The van der Waals surface area contributed by atoms with Crippen LogP contribution in [0, 0.1) is 0 Å². The highest BCUT2D eigenvalue weighted by Gasteiger charge is 2.20. The van der Waals surface area contributed by atoms with E-state index in [0.29, 0.717) is 25.9 Å². The molecule has 0 aromatic rings. The third-order valence-corrected chi connectivity index (χ3v) is 16.1. The first kappa shape index (κ1) is 75.8. The van der Waals surface area contributed by atoms with E-state index in [1.807, 2.05) is 0 Å². The fraction of sp³-hybridized carbons (Fsp3) is 0.861. The number of nitrogens with one attached hydrogen (secondary N) is 1. The molecule has 78 heavy (non-hydrogen) atoms. The molecule has 0 radical (unpaired) electrons.